The number of nitrogens with zero attached hydrogens (tertiary/aromatic N) is 6. The van der Waals surface area contributed by atoms with Gasteiger partial charge in [-0.15, -0.1) is 0 Å². The number of hydrogen-bond donors (Lipinski definition) is 1. The standard InChI is InChI=1S/C24H19N7O7/c1-15-11-17(13-26-27-24-10-6-20(14-25-24)30(34)35)16(2)28(15)18-3-7-21(8-4-18)38-23-9-5-19(29(32)33)12-22(23)31(36)37/h3-14H,1-2H3,(H,25,27)/b26-13-. The molecule has 38 heavy (non-hydrogen) atoms. The number of nitrogens with one attached hydrogen (secondary N) is 1. The maximum atomic E-state index is 11.4. The summed E-state index contributed by atoms with van der Waals surface area (Å²) >= 11 is 0. The smallest absolute Gasteiger partial charge is 0.318 e. The Balaban J connectivity index is 1.50. The fourth-order valence-corrected chi connectivity index (χ4v) is 3.68. The molecule has 4 rings (SSSR count). The lowest BCUT2D eigenvalue weighted by Crippen LogP contribution is -2.00. The second kappa shape index (κ2) is 10.5. The highest BCUT2D eigenvalue weighted by Crippen LogP contribution is 2.34. The van der Waals surface area contributed by atoms with Gasteiger partial charge in [-0.25, -0.2) is 4.98 Å². The highest BCUT2D eigenvalue weighted by atomic mass is 16.6. The van der Waals surface area contributed by atoms with Crippen LogP contribution in [0.3, 0.4) is 0 Å². The molecule has 2 aromatic carbocycles. The number of hydrogen-bond acceptors (Lipinski definition) is 10. The Morgan fingerprint density at radius 3 is 2.18 bits per heavy atom. The third-order valence-corrected chi connectivity index (χ3v) is 5.48. The summed E-state index contributed by atoms with van der Waals surface area (Å²) in [5.74, 6) is 0.550. The zero-order valence-corrected chi connectivity index (χ0v) is 20.0. The fraction of sp³-hybridized carbons (Fsp3) is 0.0833. The number of hydrazone groups is 1. The van der Waals surface area contributed by atoms with Gasteiger partial charge >= 0.3 is 5.69 Å². The Morgan fingerprint density at radius 2 is 1.58 bits per heavy atom. The van der Waals surface area contributed by atoms with Crippen molar-refractivity contribution in [3.8, 4) is 17.2 Å². The molecule has 0 aliphatic rings. The molecule has 0 unspecified atom stereocenters. The average molecular weight is 517 g/mol. The summed E-state index contributed by atoms with van der Waals surface area (Å²) in [4.78, 5) is 35.0. The third kappa shape index (κ3) is 5.43. The van der Waals surface area contributed by atoms with Gasteiger partial charge in [0, 0.05) is 34.8 Å². The number of aromatic nitrogens is 2. The highest BCUT2D eigenvalue weighted by Gasteiger charge is 2.21. The normalized spacial score (nSPS) is 10.9. The first-order chi connectivity index (χ1) is 18.1. The number of rotatable bonds is 9. The van der Waals surface area contributed by atoms with Crippen molar-refractivity contribution in [2.75, 3.05) is 5.43 Å². The van der Waals surface area contributed by atoms with Crippen LogP contribution in [0.15, 0.2) is 72.0 Å². The fourth-order valence-electron chi connectivity index (χ4n) is 3.68. The molecule has 0 fully saturated rings. The van der Waals surface area contributed by atoms with Gasteiger partial charge < -0.3 is 9.30 Å². The number of nitro benzene ring substituents is 2. The molecule has 1 N–H and O–H groups in total. The van der Waals surface area contributed by atoms with Crippen molar-refractivity contribution in [3.05, 3.63) is 114 Å². The van der Waals surface area contributed by atoms with Gasteiger partial charge in [0.1, 0.15) is 17.8 Å². The van der Waals surface area contributed by atoms with E-state index >= 15 is 0 Å². The summed E-state index contributed by atoms with van der Waals surface area (Å²) in [7, 11) is 0. The van der Waals surface area contributed by atoms with E-state index in [1.54, 1.807) is 30.5 Å². The number of aryl methyl sites for hydroxylation is 1. The first-order valence-electron chi connectivity index (χ1n) is 10.9. The van der Waals surface area contributed by atoms with Gasteiger partial charge in [-0.1, -0.05) is 0 Å². The van der Waals surface area contributed by atoms with Crippen LogP contribution >= 0.6 is 0 Å². The number of anilines is 1. The summed E-state index contributed by atoms with van der Waals surface area (Å²) in [5, 5.41) is 37.2. The number of non-ortho nitro benzene ring substituents is 1. The summed E-state index contributed by atoms with van der Waals surface area (Å²) < 4.78 is 7.61. The van der Waals surface area contributed by atoms with Crippen LogP contribution in [0, 0.1) is 44.2 Å². The first kappa shape index (κ1) is 25.4. The minimum Gasteiger partial charge on any atom is -0.450 e. The van der Waals surface area contributed by atoms with Crippen LogP contribution in [-0.2, 0) is 0 Å². The number of benzene rings is 2. The molecule has 0 saturated carbocycles. The largest absolute Gasteiger partial charge is 0.450 e. The van der Waals surface area contributed by atoms with Crippen molar-refractivity contribution in [1.29, 1.82) is 0 Å². The lowest BCUT2D eigenvalue weighted by Gasteiger charge is -2.11. The molecule has 0 saturated heterocycles. The summed E-state index contributed by atoms with van der Waals surface area (Å²) in [6, 6.07) is 14.7. The molecule has 0 aliphatic heterocycles. The quantitative estimate of drug-likeness (QED) is 0.171. The number of ether oxygens (including phenoxy) is 1. The molecule has 0 aliphatic carbocycles. The Morgan fingerprint density at radius 1 is 0.895 bits per heavy atom. The van der Waals surface area contributed by atoms with Crippen molar-refractivity contribution >= 4 is 29.1 Å². The van der Waals surface area contributed by atoms with Gasteiger partial charge in [0.25, 0.3) is 11.4 Å². The monoisotopic (exact) mass is 517 g/mol. The summed E-state index contributed by atoms with van der Waals surface area (Å²) in [5.41, 5.74) is 5.11. The van der Waals surface area contributed by atoms with Crippen molar-refractivity contribution in [2.45, 2.75) is 13.8 Å². The molecule has 192 valence electrons. The van der Waals surface area contributed by atoms with Gasteiger partial charge in [0.15, 0.2) is 0 Å². The molecule has 14 nitrogen and oxygen atoms in total. The molecular weight excluding hydrogens is 498 g/mol. The maximum Gasteiger partial charge on any atom is 0.318 e. The van der Waals surface area contributed by atoms with Crippen LogP contribution < -0.4 is 10.2 Å². The van der Waals surface area contributed by atoms with Crippen molar-refractivity contribution < 1.29 is 19.5 Å². The van der Waals surface area contributed by atoms with Gasteiger partial charge in [-0.2, -0.15) is 5.10 Å². The predicted octanol–water partition coefficient (Wildman–Crippen LogP) is 5.45. The molecule has 0 spiro atoms. The van der Waals surface area contributed by atoms with Crippen molar-refractivity contribution in [2.24, 2.45) is 5.10 Å². The van der Waals surface area contributed by atoms with Crippen molar-refractivity contribution in [1.82, 2.24) is 9.55 Å². The molecule has 2 heterocycles. The zero-order chi connectivity index (χ0) is 27.4. The molecule has 0 amide bonds. The van der Waals surface area contributed by atoms with E-state index in [-0.39, 0.29) is 11.4 Å². The average Bonchev–Trinajstić information content (AvgIpc) is 3.17. The first-order valence-corrected chi connectivity index (χ1v) is 10.9. The minimum absolute atomic E-state index is 0.116. The Kier molecular flexibility index (Phi) is 7.05. The Hall–Kier alpha value is -5.66. The highest BCUT2D eigenvalue weighted by molar-refractivity contribution is 5.82. The molecule has 2 aromatic heterocycles. The zero-order valence-electron chi connectivity index (χ0n) is 20.0. The van der Waals surface area contributed by atoms with E-state index in [1.165, 1.54) is 18.2 Å². The molecule has 0 bridgehead atoms. The van der Waals surface area contributed by atoms with Crippen LogP contribution in [0.5, 0.6) is 11.5 Å². The summed E-state index contributed by atoms with van der Waals surface area (Å²) in [6.07, 6.45) is 2.74. The second-order valence-corrected chi connectivity index (χ2v) is 7.95. The molecule has 0 radical (unpaired) electrons. The lowest BCUT2D eigenvalue weighted by molar-refractivity contribution is -0.394. The maximum absolute atomic E-state index is 11.4. The third-order valence-electron chi connectivity index (χ3n) is 5.48. The van der Waals surface area contributed by atoms with Crippen LogP contribution in [-0.4, -0.2) is 30.5 Å². The van der Waals surface area contributed by atoms with Crippen LogP contribution in [0.25, 0.3) is 5.69 Å². The van der Waals surface area contributed by atoms with Crippen LogP contribution in [0.2, 0.25) is 0 Å². The topological polar surface area (TPSA) is 181 Å². The summed E-state index contributed by atoms with van der Waals surface area (Å²) in [6.45, 7) is 3.82. The van der Waals surface area contributed by atoms with E-state index in [0.717, 1.165) is 41.0 Å². The number of pyridine rings is 1. The number of nitro groups is 3. The molecular formula is C24H19N7O7. The van der Waals surface area contributed by atoms with Crippen molar-refractivity contribution in [3.63, 3.8) is 0 Å². The Bertz CT molecular complexity index is 1560. The molecule has 14 heteroatoms. The second-order valence-electron chi connectivity index (χ2n) is 7.95. The Labute approximate surface area is 214 Å². The predicted molar refractivity (Wildman–Crippen MR) is 137 cm³/mol. The van der Waals surface area contributed by atoms with Gasteiger partial charge in [0.2, 0.25) is 5.75 Å². The lowest BCUT2D eigenvalue weighted by atomic mass is 10.2. The van der Waals surface area contributed by atoms with E-state index in [1.807, 2.05) is 24.5 Å². The van der Waals surface area contributed by atoms with E-state index in [0.29, 0.717) is 11.6 Å². The van der Waals surface area contributed by atoms with E-state index < -0.39 is 26.1 Å². The molecule has 4 aromatic rings. The SMILES string of the molecule is Cc1cc(/C=N\Nc2ccc([N+](=O)[O-])cn2)c(C)n1-c1ccc(Oc2ccc([N+](=O)[O-])cc2[N+](=O)[O-])cc1. The van der Waals surface area contributed by atoms with Crippen LogP contribution in [0.4, 0.5) is 22.9 Å². The van der Waals surface area contributed by atoms with Crippen LogP contribution in [0.1, 0.15) is 17.0 Å². The van der Waals surface area contributed by atoms with Gasteiger partial charge in [-0.05, 0) is 56.3 Å². The molecule has 0 atom stereocenters. The minimum atomic E-state index is -0.737. The van der Waals surface area contributed by atoms with E-state index in [2.05, 4.69) is 15.5 Å². The van der Waals surface area contributed by atoms with Gasteiger partial charge in [-0.3, -0.25) is 35.8 Å². The van der Waals surface area contributed by atoms with E-state index in [9.17, 15) is 30.3 Å². The van der Waals surface area contributed by atoms with E-state index in [4.69, 9.17) is 4.74 Å². The van der Waals surface area contributed by atoms with Gasteiger partial charge in [0.05, 0.1) is 27.1 Å².